The second kappa shape index (κ2) is 5.42. The number of anilines is 1. The van der Waals surface area contributed by atoms with E-state index < -0.39 is 0 Å². The van der Waals surface area contributed by atoms with E-state index in [4.69, 9.17) is 0 Å². The number of aromatic nitrogens is 1. The van der Waals surface area contributed by atoms with Crippen LogP contribution in [0, 0.1) is 6.92 Å². The average molecular weight is 311 g/mol. The molecular weight excluding hydrogens is 300 g/mol. The van der Waals surface area contributed by atoms with Crippen LogP contribution in [0.3, 0.4) is 0 Å². The number of hydrogen-bond acceptors (Lipinski definition) is 3. The number of carbonyl (C=O) groups is 1. The Hall–Kier alpha value is -1.20. The Bertz CT molecular complexity index is 539. The third kappa shape index (κ3) is 3.64. The van der Waals surface area contributed by atoms with Gasteiger partial charge in [0.1, 0.15) is 5.82 Å². The number of amides is 1. The van der Waals surface area contributed by atoms with Crippen molar-refractivity contribution in [1.29, 1.82) is 0 Å². The molecule has 2 heterocycles. The van der Waals surface area contributed by atoms with Crippen molar-refractivity contribution in [3.63, 3.8) is 0 Å². The summed E-state index contributed by atoms with van der Waals surface area (Å²) in [5, 5.41) is 2.78. The zero-order valence-electron chi connectivity index (χ0n) is 9.24. The summed E-state index contributed by atoms with van der Waals surface area (Å²) in [6.07, 6.45) is 0.381. The number of hydrogen-bond donors (Lipinski definition) is 1. The first-order chi connectivity index (χ1) is 8.13. The van der Waals surface area contributed by atoms with Crippen LogP contribution >= 0.6 is 27.3 Å². The Morgan fingerprint density at radius 3 is 2.88 bits per heavy atom. The topological polar surface area (TPSA) is 42.0 Å². The van der Waals surface area contributed by atoms with Crippen LogP contribution in [0.25, 0.3) is 0 Å². The smallest absolute Gasteiger partial charge is 0.230 e. The van der Waals surface area contributed by atoms with Gasteiger partial charge in [-0.05, 0) is 47.1 Å². The van der Waals surface area contributed by atoms with Gasteiger partial charge in [0.25, 0.3) is 0 Å². The molecule has 0 atom stereocenters. The highest BCUT2D eigenvalue weighted by Crippen LogP contribution is 2.22. The monoisotopic (exact) mass is 310 g/mol. The number of aryl methyl sites for hydroxylation is 1. The van der Waals surface area contributed by atoms with Gasteiger partial charge in [0.15, 0.2) is 0 Å². The molecule has 0 aliphatic rings. The maximum absolute atomic E-state index is 11.7. The van der Waals surface area contributed by atoms with Crippen molar-refractivity contribution in [3.05, 3.63) is 44.7 Å². The van der Waals surface area contributed by atoms with Gasteiger partial charge in [0, 0.05) is 10.6 Å². The van der Waals surface area contributed by atoms with Gasteiger partial charge in [0.2, 0.25) is 5.91 Å². The maximum atomic E-state index is 11.7. The van der Waals surface area contributed by atoms with Crippen molar-refractivity contribution in [2.75, 3.05) is 5.32 Å². The number of rotatable bonds is 3. The lowest BCUT2D eigenvalue weighted by Crippen LogP contribution is -2.14. The van der Waals surface area contributed by atoms with Crippen LogP contribution < -0.4 is 5.32 Å². The summed E-state index contributed by atoms with van der Waals surface area (Å²) in [6.45, 7) is 1.89. The van der Waals surface area contributed by atoms with Crippen LogP contribution in [0.15, 0.2) is 34.1 Å². The summed E-state index contributed by atoms with van der Waals surface area (Å²) in [4.78, 5) is 17.0. The fourth-order valence-electron chi connectivity index (χ4n) is 1.40. The third-order valence-corrected chi connectivity index (χ3v) is 3.74. The van der Waals surface area contributed by atoms with Gasteiger partial charge in [-0.2, -0.15) is 0 Å². The van der Waals surface area contributed by atoms with Crippen LogP contribution in [0.4, 0.5) is 5.82 Å². The summed E-state index contributed by atoms with van der Waals surface area (Å²) in [5.74, 6) is 0.558. The van der Waals surface area contributed by atoms with E-state index in [9.17, 15) is 4.79 Å². The third-order valence-electron chi connectivity index (χ3n) is 2.12. The number of nitrogens with zero attached hydrogens (tertiary/aromatic N) is 1. The quantitative estimate of drug-likeness (QED) is 0.944. The summed E-state index contributed by atoms with van der Waals surface area (Å²) >= 11 is 4.94. The van der Waals surface area contributed by atoms with E-state index in [1.54, 1.807) is 17.4 Å². The van der Waals surface area contributed by atoms with Crippen LogP contribution in [0.5, 0.6) is 0 Å². The fraction of sp³-hybridized carbons (Fsp3) is 0.167. The Kier molecular flexibility index (Phi) is 3.91. The molecule has 17 heavy (non-hydrogen) atoms. The lowest BCUT2D eigenvalue weighted by molar-refractivity contribution is -0.115. The Labute approximate surface area is 112 Å². The molecule has 0 aliphatic heterocycles. The van der Waals surface area contributed by atoms with Gasteiger partial charge in [-0.15, -0.1) is 11.3 Å². The average Bonchev–Trinajstić information content (AvgIpc) is 2.63. The van der Waals surface area contributed by atoms with Crippen molar-refractivity contribution in [2.24, 2.45) is 0 Å². The van der Waals surface area contributed by atoms with E-state index in [1.165, 1.54) is 0 Å². The number of pyridine rings is 1. The van der Waals surface area contributed by atoms with Gasteiger partial charge < -0.3 is 5.32 Å². The predicted molar refractivity (Wildman–Crippen MR) is 73.3 cm³/mol. The Morgan fingerprint density at radius 2 is 2.24 bits per heavy atom. The Morgan fingerprint density at radius 1 is 1.41 bits per heavy atom. The molecule has 2 aromatic rings. The number of nitrogens with one attached hydrogen (secondary N) is 1. The standard InChI is InChI=1S/C12H11BrN2OS/c1-8-3-2-4-11(14-8)15-12(16)7-9-5-6-10(13)17-9/h2-6H,7H2,1H3,(H,14,15,16). The van der Waals surface area contributed by atoms with Crippen LogP contribution in [-0.4, -0.2) is 10.9 Å². The second-order valence-corrected chi connectivity index (χ2v) is 6.14. The van der Waals surface area contributed by atoms with Crippen molar-refractivity contribution >= 4 is 39.0 Å². The molecule has 1 N–H and O–H groups in total. The van der Waals surface area contributed by atoms with E-state index in [0.29, 0.717) is 12.2 Å². The number of carbonyl (C=O) groups excluding carboxylic acids is 1. The van der Waals surface area contributed by atoms with Gasteiger partial charge in [-0.3, -0.25) is 4.79 Å². The summed E-state index contributed by atoms with van der Waals surface area (Å²) in [5.41, 5.74) is 0.890. The molecule has 88 valence electrons. The number of thiophene rings is 1. The molecule has 2 aromatic heterocycles. The molecular formula is C12H11BrN2OS. The SMILES string of the molecule is Cc1cccc(NC(=O)Cc2ccc(Br)s2)n1. The highest BCUT2D eigenvalue weighted by atomic mass is 79.9. The van der Waals surface area contributed by atoms with E-state index in [0.717, 1.165) is 14.4 Å². The normalized spacial score (nSPS) is 10.2. The van der Waals surface area contributed by atoms with Gasteiger partial charge in [-0.25, -0.2) is 4.98 Å². The lowest BCUT2D eigenvalue weighted by Gasteiger charge is -2.03. The fourth-order valence-corrected chi connectivity index (χ4v) is 2.89. The first-order valence-electron chi connectivity index (χ1n) is 5.11. The molecule has 3 nitrogen and oxygen atoms in total. The number of halogens is 1. The largest absolute Gasteiger partial charge is 0.310 e. The molecule has 5 heteroatoms. The molecule has 0 aromatic carbocycles. The van der Waals surface area contributed by atoms with Crippen molar-refractivity contribution in [1.82, 2.24) is 4.98 Å². The first-order valence-corrected chi connectivity index (χ1v) is 6.72. The molecule has 0 saturated heterocycles. The molecule has 0 saturated carbocycles. The zero-order valence-corrected chi connectivity index (χ0v) is 11.6. The van der Waals surface area contributed by atoms with Gasteiger partial charge in [-0.1, -0.05) is 6.07 Å². The molecule has 0 bridgehead atoms. The van der Waals surface area contributed by atoms with Gasteiger partial charge >= 0.3 is 0 Å². The summed E-state index contributed by atoms with van der Waals surface area (Å²) in [6, 6.07) is 9.44. The summed E-state index contributed by atoms with van der Waals surface area (Å²) in [7, 11) is 0. The molecule has 0 radical (unpaired) electrons. The van der Waals surface area contributed by atoms with Crippen molar-refractivity contribution in [3.8, 4) is 0 Å². The molecule has 0 fully saturated rings. The van der Waals surface area contributed by atoms with E-state index >= 15 is 0 Å². The van der Waals surface area contributed by atoms with Crippen LogP contribution in [0.2, 0.25) is 0 Å². The minimum atomic E-state index is -0.0440. The summed E-state index contributed by atoms with van der Waals surface area (Å²) < 4.78 is 1.04. The maximum Gasteiger partial charge on any atom is 0.230 e. The predicted octanol–water partition coefficient (Wildman–Crippen LogP) is 3.40. The van der Waals surface area contributed by atoms with Crippen molar-refractivity contribution < 1.29 is 4.79 Å². The van der Waals surface area contributed by atoms with Crippen molar-refractivity contribution in [2.45, 2.75) is 13.3 Å². The molecule has 1 amide bonds. The van der Waals surface area contributed by atoms with E-state index in [2.05, 4.69) is 26.2 Å². The highest BCUT2D eigenvalue weighted by Gasteiger charge is 2.06. The highest BCUT2D eigenvalue weighted by molar-refractivity contribution is 9.11. The van der Waals surface area contributed by atoms with Gasteiger partial charge in [0.05, 0.1) is 10.2 Å². The van der Waals surface area contributed by atoms with E-state index in [1.807, 2.05) is 31.2 Å². The molecule has 2 rings (SSSR count). The minimum absolute atomic E-state index is 0.0440. The minimum Gasteiger partial charge on any atom is -0.310 e. The van der Waals surface area contributed by atoms with E-state index in [-0.39, 0.29) is 5.91 Å². The van der Waals surface area contributed by atoms with Crippen LogP contribution in [-0.2, 0) is 11.2 Å². The van der Waals surface area contributed by atoms with Crippen LogP contribution in [0.1, 0.15) is 10.6 Å². The molecule has 0 aliphatic carbocycles. The first kappa shape index (κ1) is 12.3. The Balaban J connectivity index is 1.98. The zero-order chi connectivity index (χ0) is 12.3. The second-order valence-electron chi connectivity index (χ2n) is 3.59. The molecule has 0 unspecified atom stereocenters. The lowest BCUT2D eigenvalue weighted by atomic mass is 10.3. The molecule has 0 spiro atoms.